The van der Waals surface area contributed by atoms with Crippen LogP contribution in [0.2, 0.25) is 0 Å². The highest BCUT2D eigenvalue weighted by atomic mass is 16.3. The predicted molar refractivity (Wildman–Crippen MR) is 77.5 cm³/mol. The second kappa shape index (κ2) is 6.19. The maximum absolute atomic E-state index is 12.4. The molecule has 20 heavy (non-hydrogen) atoms. The van der Waals surface area contributed by atoms with Crippen molar-refractivity contribution in [3.63, 3.8) is 0 Å². The lowest BCUT2D eigenvalue weighted by Gasteiger charge is -2.20. The molecule has 2 rings (SSSR count). The Kier molecular flexibility index (Phi) is 4.35. The Morgan fingerprint density at radius 1 is 1.30 bits per heavy atom. The van der Waals surface area contributed by atoms with Gasteiger partial charge in [-0.1, -0.05) is 12.1 Å². The summed E-state index contributed by atoms with van der Waals surface area (Å²) in [6.45, 7) is 4.78. The van der Waals surface area contributed by atoms with E-state index in [9.17, 15) is 9.90 Å². The maximum Gasteiger partial charge on any atom is 0.254 e. The van der Waals surface area contributed by atoms with Crippen molar-refractivity contribution in [2.24, 2.45) is 0 Å². The molecule has 4 nitrogen and oxygen atoms in total. The van der Waals surface area contributed by atoms with Crippen molar-refractivity contribution in [1.82, 2.24) is 9.88 Å². The number of pyridine rings is 1. The van der Waals surface area contributed by atoms with E-state index >= 15 is 0 Å². The zero-order valence-corrected chi connectivity index (χ0v) is 11.7. The van der Waals surface area contributed by atoms with Crippen molar-refractivity contribution in [2.75, 3.05) is 6.54 Å². The Labute approximate surface area is 118 Å². The van der Waals surface area contributed by atoms with Crippen LogP contribution in [-0.4, -0.2) is 27.4 Å². The van der Waals surface area contributed by atoms with Crippen LogP contribution >= 0.6 is 0 Å². The number of carbonyl (C=O) groups is 1. The Balaban J connectivity index is 2.18. The number of hydrogen-bond donors (Lipinski definition) is 1. The summed E-state index contributed by atoms with van der Waals surface area (Å²) in [5.74, 6) is 0.0400. The molecular weight excluding hydrogens is 252 g/mol. The fourth-order valence-corrected chi connectivity index (χ4v) is 1.94. The van der Waals surface area contributed by atoms with Gasteiger partial charge in [0.2, 0.25) is 0 Å². The second-order valence-corrected chi connectivity index (χ2v) is 4.64. The van der Waals surface area contributed by atoms with Crippen molar-refractivity contribution < 1.29 is 9.90 Å². The molecule has 0 unspecified atom stereocenters. The molecule has 1 amide bonds. The van der Waals surface area contributed by atoms with Crippen LogP contribution in [0.5, 0.6) is 5.75 Å². The van der Waals surface area contributed by atoms with E-state index in [2.05, 4.69) is 4.98 Å². The van der Waals surface area contributed by atoms with Gasteiger partial charge in [0, 0.05) is 18.3 Å². The van der Waals surface area contributed by atoms with E-state index < -0.39 is 0 Å². The molecule has 1 aromatic heterocycles. The fraction of sp³-hybridized carbons (Fsp3) is 0.250. The summed E-state index contributed by atoms with van der Waals surface area (Å²) in [4.78, 5) is 18.4. The molecule has 0 saturated carbocycles. The highest BCUT2D eigenvalue weighted by Gasteiger charge is 2.15. The normalized spacial score (nSPS) is 10.3. The molecule has 4 heteroatoms. The molecule has 0 atom stereocenters. The number of benzene rings is 1. The minimum absolute atomic E-state index is 0.103. The lowest BCUT2D eigenvalue weighted by molar-refractivity contribution is 0.0750. The van der Waals surface area contributed by atoms with E-state index in [1.54, 1.807) is 30.2 Å². The van der Waals surface area contributed by atoms with Gasteiger partial charge in [0.25, 0.3) is 5.91 Å². The standard InChI is InChI=1S/C16H18N2O2/c1-3-18(11-14-6-4-5-9-17-14)16(20)13-8-7-12(2)15(19)10-13/h4-10,19H,3,11H2,1-2H3. The summed E-state index contributed by atoms with van der Waals surface area (Å²) in [7, 11) is 0. The molecule has 0 saturated heterocycles. The van der Waals surface area contributed by atoms with Crippen molar-refractivity contribution in [3.8, 4) is 5.75 Å². The number of phenols is 1. The van der Waals surface area contributed by atoms with Gasteiger partial charge in [-0.05, 0) is 43.7 Å². The number of aromatic nitrogens is 1. The third-order valence-electron chi connectivity index (χ3n) is 3.20. The van der Waals surface area contributed by atoms with Crippen molar-refractivity contribution in [1.29, 1.82) is 0 Å². The van der Waals surface area contributed by atoms with Crippen LogP contribution < -0.4 is 0 Å². The van der Waals surface area contributed by atoms with Gasteiger partial charge in [0.1, 0.15) is 5.75 Å². The van der Waals surface area contributed by atoms with Gasteiger partial charge in [0.05, 0.1) is 12.2 Å². The van der Waals surface area contributed by atoms with Crippen LogP contribution in [0.1, 0.15) is 28.5 Å². The Morgan fingerprint density at radius 2 is 2.10 bits per heavy atom. The number of aromatic hydroxyl groups is 1. The van der Waals surface area contributed by atoms with Gasteiger partial charge in [0.15, 0.2) is 0 Å². The minimum Gasteiger partial charge on any atom is -0.508 e. The highest BCUT2D eigenvalue weighted by Crippen LogP contribution is 2.19. The number of nitrogens with zero attached hydrogens (tertiary/aromatic N) is 2. The maximum atomic E-state index is 12.4. The first kappa shape index (κ1) is 14.1. The molecule has 2 aromatic rings. The van der Waals surface area contributed by atoms with E-state index in [1.165, 1.54) is 6.07 Å². The first-order chi connectivity index (χ1) is 9.61. The zero-order valence-electron chi connectivity index (χ0n) is 11.7. The first-order valence-electron chi connectivity index (χ1n) is 6.60. The highest BCUT2D eigenvalue weighted by molar-refractivity contribution is 5.94. The van der Waals surface area contributed by atoms with E-state index in [1.807, 2.05) is 25.1 Å². The average Bonchev–Trinajstić information content (AvgIpc) is 2.48. The van der Waals surface area contributed by atoms with Crippen LogP contribution in [-0.2, 0) is 6.54 Å². The third kappa shape index (κ3) is 3.15. The molecule has 0 aliphatic heterocycles. The lowest BCUT2D eigenvalue weighted by atomic mass is 10.1. The Morgan fingerprint density at radius 3 is 2.70 bits per heavy atom. The summed E-state index contributed by atoms with van der Waals surface area (Å²) >= 11 is 0. The largest absolute Gasteiger partial charge is 0.508 e. The molecule has 0 aliphatic rings. The van der Waals surface area contributed by atoms with E-state index in [-0.39, 0.29) is 11.7 Å². The van der Waals surface area contributed by atoms with Crippen LogP contribution in [0.25, 0.3) is 0 Å². The number of rotatable bonds is 4. The molecule has 1 heterocycles. The van der Waals surface area contributed by atoms with Gasteiger partial charge < -0.3 is 10.0 Å². The molecule has 1 aromatic carbocycles. The van der Waals surface area contributed by atoms with E-state index in [4.69, 9.17) is 0 Å². The number of hydrogen-bond acceptors (Lipinski definition) is 3. The smallest absolute Gasteiger partial charge is 0.254 e. The number of aryl methyl sites for hydroxylation is 1. The van der Waals surface area contributed by atoms with Gasteiger partial charge in [-0.15, -0.1) is 0 Å². The summed E-state index contributed by atoms with van der Waals surface area (Å²) in [5, 5.41) is 9.71. The van der Waals surface area contributed by atoms with Gasteiger partial charge in [-0.3, -0.25) is 9.78 Å². The van der Waals surface area contributed by atoms with Gasteiger partial charge >= 0.3 is 0 Å². The molecule has 0 spiro atoms. The molecule has 0 aliphatic carbocycles. The molecule has 104 valence electrons. The molecule has 1 N–H and O–H groups in total. The minimum atomic E-state index is -0.103. The predicted octanol–water partition coefficient (Wildman–Crippen LogP) is 2.76. The van der Waals surface area contributed by atoms with E-state index in [0.29, 0.717) is 18.7 Å². The number of amides is 1. The molecule has 0 bridgehead atoms. The summed E-state index contributed by atoms with van der Waals surface area (Å²) in [6, 6.07) is 10.6. The van der Waals surface area contributed by atoms with Crippen LogP contribution in [0, 0.1) is 6.92 Å². The van der Waals surface area contributed by atoms with Crippen molar-refractivity contribution in [3.05, 3.63) is 59.4 Å². The Bertz CT molecular complexity index is 597. The first-order valence-corrected chi connectivity index (χ1v) is 6.60. The second-order valence-electron chi connectivity index (χ2n) is 4.64. The van der Waals surface area contributed by atoms with Crippen LogP contribution in [0.15, 0.2) is 42.6 Å². The zero-order chi connectivity index (χ0) is 14.5. The number of carbonyl (C=O) groups excluding carboxylic acids is 1. The quantitative estimate of drug-likeness (QED) is 0.929. The molecule has 0 radical (unpaired) electrons. The number of phenolic OH excluding ortho intramolecular Hbond substituents is 1. The van der Waals surface area contributed by atoms with Gasteiger partial charge in [-0.2, -0.15) is 0 Å². The topological polar surface area (TPSA) is 53.4 Å². The lowest BCUT2D eigenvalue weighted by Crippen LogP contribution is -2.30. The third-order valence-corrected chi connectivity index (χ3v) is 3.20. The SMILES string of the molecule is CCN(Cc1ccccn1)C(=O)c1ccc(C)c(O)c1. The Hall–Kier alpha value is -2.36. The average molecular weight is 270 g/mol. The van der Waals surface area contributed by atoms with Crippen LogP contribution in [0.3, 0.4) is 0 Å². The fourth-order valence-electron chi connectivity index (χ4n) is 1.94. The summed E-state index contributed by atoms with van der Waals surface area (Å²) < 4.78 is 0. The van der Waals surface area contributed by atoms with Gasteiger partial charge in [-0.25, -0.2) is 0 Å². The van der Waals surface area contributed by atoms with Crippen molar-refractivity contribution in [2.45, 2.75) is 20.4 Å². The summed E-state index contributed by atoms with van der Waals surface area (Å²) in [5.41, 5.74) is 2.10. The molecular formula is C16H18N2O2. The molecule has 0 fully saturated rings. The summed E-state index contributed by atoms with van der Waals surface area (Å²) in [6.07, 6.45) is 1.71. The van der Waals surface area contributed by atoms with Crippen LogP contribution in [0.4, 0.5) is 0 Å². The van der Waals surface area contributed by atoms with Crippen molar-refractivity contribution >= 4 is 5.91 Å². The van der Waals surface area contributed by atoms with E-state index in [0.717, 1.165) is 11.3 Å². The monoisotopic (exact) mass is 270 g/mol.